The third-order valence-electron chi connectivity index (χ3n) is 2.08. The lowest BCUT2D eigenvalue weighted by Gasteiger charge is -2.11. The van der Waals surface area contributed by atoms with Crippen molar-refractivity contribution in [3.63, 3.8) is 0 Å². The number of likely N-dealkylation sites (N-methyl/N-ethyl adjacent to an activating group) is 1. The molecule has 0 spiro atoms. The van der Waals surface area contributed by atoms with Crippen molar-refractivity contribution in [3.05, 3.63) is 21.9 Å². The predicted octanol–water partition coefficient (Wildman–Crippen LogP) is 2.06. The van der Waals surface area contributed by atoms with Gasteiger partial charge in [0.25, 0.3) is 0 Å². The Labute approximate surface area is 96.4 Å². The predicted molar refractivity (Wildman–Crippen MR) is 59.9 cm³/mol. The lowest BCUT2D eigenvalue weighted by Crippen LogP contribution is -2.10. The van der Waals surface area contributed by atoms with Gasteiger partial charge in [-0.3, -0.25) is 0 Å². The van der Waals surface area contributed by atoms with Gasteiger partial charge in [-0.25, -0.2) is 4.39 Å². The van der Waals surface area contributed by atoms with E-state index in [4.69, 9.17) is 4.74 Å². The molecule has 0 amide bonds. The average molecular weight is 278 g/mol. The third-order valence-corrected chi connectivity index (χ3v) is 2.81. The summed E-state index contributed by atoms with van der Waals surface area (Å²) in [6.45, 7) is 0.672. The van der Waals surface area contributed by atoms with Crippen molar-refractivity contribution in [2.24, 2.45) is 0 Å². The van der Waals surface area contributed by atoms with Crippen molar-refractivity contribution in [3.8, 4) is 11.5 Å². The number of methoxy groups -OCH3 is 1. The molecule has 0 unspecified atom stereocenters. The molecule has 0 atom stereocenters. The highest BCUT2D eigenvalue weighted by atomic mass is 79.9. The molecule has 84 valence electrons. The first-order valence-electron chi connectivity index (χ1n) is 4.50. The molecule has 1 aromatic rings. The summed E-state index contributed by atoms with van der Waals surface area (Å²) in [6, 6.07) is 1.29. The maximum atomic E-state index is 13.4. The van der Waals surface area contributed by atoms with Crippen LogP contribution >= 0.6 is 15.9 Å². The van der Waals surface area contributed by atoms with Crippen molar-refractivity contribution >= 4 is 15.9 Å². The first-order chi connectivity index (χ1) is 7.11. The molecule has 3 nitrogen and oxygen atoms in total. The molecule has 0 bridgehead atoms. The topological polar surface area (TPSA) is 41.5 Å². The molecule has 5 heteroatoms. The number of hydrogen-bond acceptors (Lipinski definition) is 3. The number of nitrogens with one attached hydrogen (secondary N) is 1. The summed E-state index contributed by atoms with van der Waals surface area (Å²) in [6.07, 6.45) is 0.557. The van der Waals surface area contributed by atoms with E-state index in [1.54, 1.807) is 7.05 Å². The van der Waals surface area contributed by atoms with Crippen molar-refractivity contribution < 1.29 is 14.2 Å². The SMILES string of the molecule is CNCCc1cc(F)c(OC)c(Br)c1O. The second-order valence-corrected chi connectivity index (χ2v) is 3.86. The van der Waals surface area contributed by atoms with Crippen LogP contribution in [0.15, 0.2) is 10.5 Å². The van der Waals surface area contributed by atoms with E-state index in [9.17, 15) is 9.50 Å². The van der Waals surface area contributed by atoms with Gasteiger partial charge in [-0.05, 0) is 47.6 Å². The zero-order chi connectivity index (χ0) is 11.4. The quantitative estimate of drug-likeness (QED) is 0.885. The Morgan fingerprint density at radius 2 is 2.27 bits per heavy atom. The standard InChI is InChI=1S/C10H13BrFNO2/c1-13-4-3-6-5-7(12)10(15-2)8(11)9(6)14/h5,13-14H,3-4H2,1-2H3. The van der Waals surface area contributed by atoms with Crippen LogP contribution in [0, 0.1) is 5.82 Å². The highest BCUT2D eigenvalue weighted by molar-refractivity contribution is 9.10. The molecule has 0 heterocycles. The van der Waals surface area contributed by atoms with Crippen LogP contribution in [0.3, 0.4) is 0 Å². The smallest absolute Gasteiger partial charge is 0.172 e. The van der Waals surface area contributed by atoms with Crippen LogP contribution in [-0.2, 0) is 6.42 Å². The third kappa shape index (κ3) is 2.60. The molecule has 0 fully saturated rings. The Balaban J connectivity index is 3.10. The van der Waals surface area contributed by atoms with Crippen LogP contribution < -0.4 is 10.1 Å². The van der Waals surface area contributed by atoms with Crippen LogP contribution in [0.25, 0.3) is 0 Å². The van der Waals surface area contributed by atoms with Crippen LogP contribution in [0.5, 0.6) is 11.5 Å². The molecule has 0 aliphatic rings. The van der Waals surface area contributed by atoms with Crippen LogP contribution in [0.1, 0.15) is 5.56 Å². The fourth-order valence-corrected chi connectivity index (χ4v) is 1.88. The van der Waals surface area contributed by atoms with E-state index in [1.807, 2.05) is 0 Å². The van der Waals surface area contributed by atoms with Crippen molar-refractivity contribution in [1.82, 2.24) is 5.32 Å². The molecule has 0 aromatic heterocycles. The van der Waals surface area contributed by atoms with Gasteiger partial charge >= 0.3 is 0 Å². The summed E-state index contributed by atoms with van der Waals surface area (Å²) in [5.74, 6) is -0.419. The Bertz CT molecular complexity index is 358. The highest BCUT2D eigenvalue weighted by Gasteiger charge is 2.16. The van der Waals surface area contributed by atoms with E-state index in [1.165, 1.54) is 13.2 Å². The summed E-state index contributed by atoms with van der Waals surface area (Å²) in [5.41, 5.74) is 0.550. The van der Waals surface area contributed by atoms with Gasteiger partial charge in [0, 0.05) is 0 Å². The number of hydrogen-bond donors (Lipinski definition) is 2. The number of rotatable bonds is 4. The lowest BCUT2D eigenvalue weighted by molar-refractivity contribution is 0.375. The van der Waals surface area contributed by atoms with Gasteiger partial charge in [-0.2, -0.15) is 0 Å². The van der Waals surface area contributed by atoms with Crippen molar-refractivity contribution in [1.29, 1.82) is 0 Å². The van der Waals surface area contributed by atoms with Gasteiger partial charge in [0.1, 0.15) is 10.2 Å². The molecule has 0 aliphatic heterocycles. The second-order valence-electron chi connectivity index (χ2n) is 3.07. The van der Waals surface area contributed by atoms with E-state index in [-0.39, 0.29) is 16.0 Å². The molecule has 0 saturated heterocycles. The molecule has 2 N–H and O–H groups in total. The summed E-state index contributed by atoms with van der Waals surface area (Å²) in [4.78, 5) is 0. The van der Waals surface area contributed by atoms with Crippen molar-refractivity contribution in [2.45, 2.75) is 6.42 Å². The number of halogens is 2. The first-order valence-corrected chi connectivity index (χ1v) is 5.29. The Hall–Kier alpha value is -0.810. The average Bonchev–Trinajstić information content (AvgIpc) is 2.22. The Morgan fingerprint density at radius 3 is 2.80 bits per heavy atom. The fourth-order valence-electron chi connectivity index (χ4n) is 1.28. The normalized spacial score (nSPS) is 10.4. The highest BCUT2D eigenvalue weighted by Crippen LogP contribution is 2.38. The second kappa shape index (κ2) is 5.32. The zero-order valence-corrected chi connectivity index (χ0v) is 10.2. The van der Waals surface area contributed by atoms with Gasteiger partial charge in [-0.15, -0.1) is 0 Å². The van der Waals surface area contributed by atoms with E-state index >= 15 is 0 Å². The number of aromatic hydroxyl groups is 1. The first kappa shape index (κ1) is 12.3. The monoisotopic (exact) mass is 277 g/mol. The number of phenolic OH excluding ortho intramolecular Hbond substituents is 1. The maximum Gasteiger partial charge on any atom is 0.172 e. The largest absolute Gasteiger partial charge is 0.506 e. The fraction of sp³-hybridized carbons (Fsp3) is 0.400. The molecule has 0 saturated carbocycles. The van der Waals surface area contributed by atoms with E-state index in [0.717, 1.165) is 0 Å². The minimum atomic E-state index is -0.478. The lowest BCUT2D eigenvalue weighted by atomic mass is 10.1. The Morgan fingerprint density at radius 1 is 1.60 bits per heavy atom. The van der Waals surface area contributed by atoms with Crippen molar-refractivity contribution in [2.75, 3.05) is 20.7 Å². The summed E-state index contributed by atoms with van der Waals surface area (Å²) in [5, 5.41) is 12.7. The molecule has 0 radical (unpaired) electrons. The zero-order valence-electron chi connectivity index (χ0n) is 8.60. The van der Waals surface area contributed by atoms with Crippen LogP contribution in [0.4, 0.5) is 4.39 Å². The maximum absolute atomic E-state index is 13.4. The minimum Gasteiger partial charge on any atom is -0.506 e. The molecular weight excluding hydrogens is 265 g/mol. The van der Waals surface area contributed by atoms with Gasteiger partial charge in [0.05, 0.1) is 7.11 Å². The van der Waals surface area contributed by atoms with E-state index in [0.29, 0.717) is 18.5 Å². The van der Waals surface area contributed by atoms with E-state index in [2.05, 4.69) is 21.2 Å². The van der Waals surface area contributed by atoms with E-state index < -0.39 is 5.82 Å². The molecule has 1 aromatic carbocycles. The van der Waals surface area contributed by atoms with Crippen LogP contribution in [0.2, 0.25) is 0 Å². The minimum absolute atomic E-state index is 0.0284. The van der Waals surface area contributed by atoms with Gasteiger partial charge in [0.2, 0.25) is 0 Å². The molecular formula is C10H13BrFNO2. The summed E-state index contributed by atoms with van der Waals surface area (Å²) in [7, 11) is 3.15. The molecule has 0 aliphatic carbocycles. The molecule has 15 heavy (non-hydrogen) atoms. The Kier molecular flexibility index (Phi) is 4.35. The van der Waals surface area contributed by atoms with Gasteiger partial charge < -0.3 is 15.2 Å². The van der Waals surface area contributed by atoms with Crippen LogP contribution in [-0.4, -0.2) is 25.8 Å². The number of benzene rings is 1. The number of phenols is 1. The summed E-state index contributed by atoms with van der Waals surface area (Å²) < 4.78 is 18.5. The molecule has 1 rings (SSSR count). The summed E-state index contributed by atoms with van der Waals surface area (Å²) >= 11 is 3.10. The van der Waals surface area contributed by atoms with Gasteiger partial charge in [-0.1, -0.05) is 0 Å². The van der Waals surface area contributed by atoms with Gasteiger partial charge in [0.15, 0.2) is 11.6 Å². The number of ether oxygens (including phenoxy) is 1.